The van der Waals surface area contributed by atoms with Gasteiger partial charge < -0.3 is 14.5 Å². The highest BCUT2D eigenvalue weighted by molar-refractivity contribution is 5.76. The van der Waals surface area contributed by atoms with Crippen LogP contribution in [0.2, 0.25) is 0 Å². The van der Waals surface area contributed by atoms with Gasteiger partial charge in [-0.1, -0.05) is 24.6 Å². The molecule has 2 aliphatic heterocycles. The molecule has 1 aromatic carbocycles. The summed E-state index contributed by atoms with van der Waals surface area (Å²) < 4.78 is 7.84. The summed E-state index contributed by atoms with van der Waals surface area (Å²) >= 11 is 0. The quantitative estimate of drug-likeness (QED) is 0.719. The number of fused-ring (bicyclic) bond motifs is 1. The number of benzene rings is 1. The third-order valence-corrected chi connectivity index (χ3v) is 7.14. The standard InChI is InChI=1S/C25H37N5O2/c1-20-26-21(2)30(27-20)18-24(31)29-14-12-25(13-15-29)11-7-6-9-22-8-4-5-10-23(22)32-17-16-28(3)19-25/h4-5,8,10H,6-7,9,11-19H2,1-3H3. The fourth-order valence-electron chi connectivity index (χ4n) is 5.29. The van der Waals surface area contributed by atoms with Gasteiger partial charge in [0, 0.05) is 26.2 Å². The minimum Gasteiger partial charge on any atom is -0.492 e. The van der Waals surface area contributed by atoms with Crippen molar-refractivity contribution in [2.75, 3.05) is 39.8 Å². The van der Waals surface area contributed by atoms with Crippen molar-refractivity contribution in [3.63, 3.8) is 0 Å². The number of nitrogens with zero attached hydrogens (tertiary/aromatic N) is 5. The van der Waals surface area contributed by atoms with E-state index in [0.29, 0.717) is 6.61 Å². The largest absolute Gasteiger partial charge is 0.492 e. The number of para-hydroxylation sites is 1. The van der Waals surface area contributed by atoms with Crippen LogP contribution in [0.1, 0.15) is 49.3 Å². The molecule has 2 aromatic rings. The van der Waals surface area contributed by atoms with Gasteiger partial charge in [0.05, 0.1) is 0 Å². The predicted octanol–water partition coefficient (Wildman–Crippen LogP) is 3.24. The maximum absolute atomic E-state index is 12.9. The van der Waals surface area contributed by atoms with Crippen LogP contribution < -0.4 is 4.74 Å². The van der Waals surface area contributed by atoms with Crippen molar-refractivity contribution < 1.29 is 9.53 Å². The van der Waals surface area contributed by atoms with E-state index in [1.165, 1.54) is 24.8 Å². The first kappa shape index (κ1) is 22.8. The summed E-state index contributed by atoms with van der Waals surface area (Å²) in [6, 6.07) is 8.46. The van der Waals surface area contributed by atoms with Gasteiger partial charge in [0.2, 0.25) is 5.91 Å². The van der Waals surface area contributed by atoms with Crippen molar-refractivity contribution in [2.45, 2.75) is 58.9 Å². The van der Waals surface area contributed by atoms with Crippen LogP contribution in [0.25, 0.3) is 0 Å². The lowest BCUT2D eigenvalue weighted by molar-refractivity contribution is -0.134. The highest BCUT2D eigenvalue weighted by Gasteiger charge is 2.36. The SMILES string of the molecule is Cc1nc(C)n(CC(=O)N2CCC3(CCCCc4ccccc4OCCN(C)C3)CC2)n1. The van der Waals surface area contributed by atoms with Gasteiger partial charge in [-0.25, -0.2) is 9.67 Å². The van der Waals surface area contributed by atoms with Crippen LogP contribution in [0.3, 0.4) is 0 Å². The number of carbonyl (C=O) groups excluding carboxylic acids is 1. The average Bonchev–Trinajstić information content (AvgIpc) is 3.08. The van der Waals surface area contributed by atoms with Crippen molar-refractivity contribution in [3.05, 3.63) is 41.5 Å². The number of aryl methyl sites for hydroxylation is 3. The molecule has 0 N–H and O–H groups in total. The first-order valence-electron chi connectivity index (χ1n) is 12.0. The van der Waals surface area contributed by atoms with Crippen LogP contribution in [0.4, 0.5) is 0 Å². The summed E-state index contributed by atoms with van der Waals surface area (Å²) in [6.07, 6.45) is 6.83. The molecule has 1 fully saturated rings. The first-order chi connectivity index (χ1) is 15.4. The fourth-order valence-corrected chi connectivity index (χ4v) is 5.29. The van der Waals surface area contributed by atoms with E-state index in [4.69, 9.17) is 4.74 Å². The summed E-state index contributed by atoms with van der Waals surface area (Å²) in [4.78, 5) is 21.7. The first-order valence-corrected chi connectivity index (χ1v) is 12.0. The zero-order chi connectivity index (χ0) is 22.6. The number of hydrogen-bond acceptors (Lipinski definition) is 5. The molecule has 4 rings (SSSR count). The lowest BCUT2D eigenvalue weighted by Gasteiger charge is -2.44. The molecule has 1 amide bonds. The van der Waals surface area contributed by atoms with E-state index < -0.39 is 0 Å². The highest BCUT2D eigenvalue weighted by Crippen LogP contribution is 2.38. The van der Waals surface area contributed by atoms with Crippen molar-refractivity contribution in [1.29, 1.82) is 0 Å². The van der Waals surface area contributed by atoms with E-state index in [1.54, 1.807) is 4.68 Å². The van der Waals surface area contributed by atoms with Gasteiger partial charge >= 0.3 is 0 Å². The predicted molar refractivity (Wildman–Crippen MR) is 125 cm³/mol. The van der Waals surface area contributed by atoms with Gasteiger partial charge in [0.15, 0.2) is 0 Å². The molecule has 7 nitrogen and oxygen atoms in total. The summed E-state index contributed by atoms with van der Waals surface area (Å²) in [6.45, 7) is 8.42. The van der Waals surface area contributed by atoms with Crippen LogP contribution in [0, 0.1) is 19.3 Å². The smallest absolute Gasteiger partial charge is 0.244 e. The summed E-state index contributed by atoms with van der Waals surface area (Å²) in [5.41, 5.74) is 1.60. The Hall–Kier alpha value is -2.41. The lowest BCUT2D eigenvalue weighted by Crippen LogP contribution is -2.48. The molecule has 32 heavy (non-hydrogen) atoms. The molecular formula is C25H37N5O2. The van der Waals surface area contributed by atoms with Crippen LogP contribution in [0.15, 0.2) is 24.3 Å². The monoisotopic (exact) mass is 439 g/mol. The maximum atomic E-state index is 12.9. The summed E-state index contributed by atoms with van der Waals surface area (Å²) in [7, 11) is 2.20. The van der Waals surface area contributed by atoms with Gasteiger partial charge in [-0.2, -0.15) is 5.10 Å². The number of aromatic nitrogens is 3. The molecule has 1 saturated heterocycles. The molecular weight excluding hydrogens is 402 g/mol. The molecule has 0 bridgehead atoms. The van der Waals surface area contributed by atoms with E-state index >= 15 is 0 Å². The number of amides is 1. The number of piperidine rings is 1. The van der Waals surface area contributed by atoms with E-state index in [-0.39, 0.29) is 17.9 Å². The number of likely N-dealkylation sites (tertiary alicyclic amines) is 1. The van der Waals surface area contributed by atoms with E-state index in [2.05, 4.69) is 46.3 Å². The molecule has 0 saturated carbocycles. The minimum absolute atomic E-state index is 0.152. The second-order valence-corrected chi connectivity index (χ2v) is 9.65. The second kappa shape index (κ2) is 10.0. The molecule has 1 aromatic heterocycles. The van der Waals surface area contributed by atoms with Crippen molar-refractivity contribution in [2.24, 2.45) is 5.41 Å². The molecule has 0 unspecified atom stereocenters. The molecule has 1 spiro atoms. The normalized spacial score (nSPS) is 20.2. The lowest BCUT2D eigenvalue weighted by atomic mass is 9.73. The Bertz CT molecular complexity index is 917. The zero-order valence-electron chi connectivity index (χ0n) is 19.8. The third kappa shape index (κ3) is 5.49. The Morgan fingerprint density at radius 3 is 2.62 bits per heavy atom. The molecule has 0 aliphatic carbocycles. The van der Waals surface area contributed by atoms with Crippen LogP contribution in [-0.4, -0.2) is 70.3 Å². The minimum atomic E-state index is 0.152. The van der Waals surface area contributed by atoms with Crippen LogP contribution in [-0.2, 0) is 17.8 Å². The van der Waals surface area contributed by atoms with E-state index in [1.807, 2.05) is 18.7 Å². The van der Waals surface area contributed by atoms with Crippen molar-refractivity contribution in [3.8, 4) is 5.75 Å². The van der Waals surface area contributed by atoms with Crippen molar-refractivity contribution in [1.82, 2.24) is 24.6 Å². The second-order valence-electron chi connectivity index (χ2n) is 9.65. The molecule has 3 heterocycles. The number of hydrogen-bond donors (Lipinski definition) is 0. The Morgan fingerprint density at radius 2 is 1.88 bits per heavy atom. The van der Waals surface area contributed by atoms with Crippen molar-refractivity contribution >= 4 is 5.91 Å². The van der Waals surface area contributed by atoms with E-state index in [0.717, 1.165) is 62.8 Å². The number of rotatable bonds is 2. The molecule has 0 radical (unpaired) electrons. The summed E-state index contributed by atoms with van der Waals surface area (Å²) in [5, 5.41) is 4.35. The van der Waals surface area contributed by atoms with Gasteiger partial charge in [0.1, 0.15) is 30.5 Å². The maximum Gasteiger partial charge on any atom is 0.244 e. The van der Waals surface area contributed by atoms with Gasteiger partial charge in [-0.3, -0.25) is 4.79 Å². The zero-order valence-corrected chi connectivity index (χ0v) is 19.8. The molecule has 2 aliphatic rings. The Balaban J connectivity index is 1.37. The third-order valence-electron chi connectivity index (χ3n) is 7.14. The van der Waals surface area contributed by atoms with Crippen LogP contribution in [0.5, 0.6) is 5.75 Å². The van der Waals surface area contributed by atoms with Crippen LogP contribution >= 0.6 is 0 Å². The average molecular weight is 440 g/mol. The Morgan fingerprint density at radius 1 is 1.09 bits per heavy atom. The topological polar surface area (TPSA) is 63.5 Å². The number of carbonyl (C=O) groups is 1. The Labute approximate surface area is 191 Å². The fraction of sp³-hybridized carbons (Fsp3) is 0.640. The molecule has 174 valence electrons. The Kier molecular flexibility index (Phi) is 7.13. The number of ether oxygens (including phenoxy) is 1. The molecule has 7 heteroatoms. The van der Waals surface area contributed by atoms with E-state index in [9.17, 15) is 4.79 Å². The highest BCUT2D eigenvalue weighted by atomic mass is 16.5. The van der Waals surface area contributed by atoms with Gasteiger partial charge in [-0.05, 0) is 70.0 Å². The molecule has 0 atom stereocenters. The number of likely N-dealkylation sites (N-methyl/N-ethyl adjacent to an activating group) is 1. The van der Waals surface area contributed by atoms with Gasteiger partial charge in [0.25, 0.3) is 0 Å². The summed E-state index contributed by atoms with van der Waals surface area (Å²) in [5.74, 6) is 2.71. The van der Waals surface area contributed by atoms with Gasteiger partial charge in [-0.15, -0.1) is 0 Å².